The average Bonchev–Trinajstić information content (AvgIpc) is 3.29. The molecule has 35 heavy (non-hydrogen) atoms. The predicted molar refractivity (Wildman–Crippen MR) is 135 cm³/mol. The highest BCUT2D eigenvalue weighted by molar-refractivity contribution is 5.84. The number of hydrogen-bond donors (Lipinski definition) is 1. The van der Waals surface area contributed by atoms with Crippen molar-refractivity contribution >= 4 is 11.9 Å². The Kier molecular flexibility index (Phi) is 9.87. The fourth-order valence-electron chi connectivity index (χ4n) is 4.61. The second-order valence-electron chi connectivity index (χ2n) is 9.02. The van der Waals surface area contributed by atoms with Crippen molar-refractivity contribution in [3.05, 3.63) is 47.4 Å². The van der Waals surface area contributed by atoms with Crippen LogP contribution < -0.4 is 14.8 Å². The van der Waals surface area contributed by atoms with Crippen LogP contribution in [-0.2, 0) is 17.8 Å². The summed E-state index contributed by atoms with van der Waals surface area (Å²) in [6, 6.07) is 9.51. The fourth-order valence-corrected chi connectivity index (χ4v) is 4.61. The van der Waals surface area contributed by atoms with E-state index in [0.717, 1.165) is 42.8 Å². The SMILES string of the molecule is CCNC(=O)N(CC(=O)N(CCc1ccc(OC)c(OC)c1)Cc1ccc(C)o1)C1CCCCC1. The van der Waals surface area contributed by atoms with Gasteiger partial charge in [-0.05, 0) is 62.9 Å². The van der Waals surface area contributed by atoms with Crippen molar-refractivity contribution < 1.29 is 23.5 Å². The number of nitrogens with zero attached hydrogens (tertiary/aromatic N) is 2. The second kappa shape index (κ2) is 13.1. The number of benzene rings is 1. The van der Waals surface area contributed by atoms with E-state index in [2.05, 4.69) is 5.32 Å². The van der Waals surface area contributed by atoms with Gasteiger partial charge in [0, 0.05) is 19.1 Å². The Balaban J connectivity index is 1.76. The van der Waals surface area contributed by atoms with Gasteiger partial charge in [-0.1, -0.05) is 25.3 Å². The van der Waals surface area contributed by atoms with Crippen LogP contribution in [0.1, 0.15) is 56.1 Å². The first kappa shape index (κ1) is 26.4. The minimum Gasteiger partial charge on any atom is -0.493 e. The molecule has 8 nitrogen and oxygen atoms in total. The van der Waals surface area contributed by atoms with Gasteiger partial charge in [0.05, 0.1) is 20.8 Å². The number of carbonyl (C=O) groups is 2. The molecule has 3 amide bonds. The van der Waals surface area contributed by atoms with Crippen LogP contribution in [0.25, 0.3) is 0 Å². The zero-order valence-electron chi connectivity index (χ0n) is 21.5. The van der Waals surface area contributed by atoms with Crippen molar-refractivity contribution in [1.29, 1.82) is 0 Å². The number of amides is 3. The topological polar surface area (TPSA) is 84.3 Å². The molecule has 3 rings (SSSR count). The Hall–Kier alpha value is -3.16. The summed E-state index contributed by atoms with van der Waals surface area (Å²) >= 11 is 0. The number of ether oxygens (including phenoxy) is 2. The van der Waals surface area contributed by atoms with Gasteiger partial charge in [-0.25, -0.2) is 4.79 Å². The largest absolute Gasteiger partial charge is 0.493 e. The summed E-state index contributed by atoms with van der Waals surface area (Å²) in [7, 11) is 3.22. The Labute approximate surface area is 208 Å². The molecular weight excluding hydrogens is 446 g/mol. The summed E-state index contributed by atoms with van der Waals surface area (Å²) in [6.07, 6.45) is 5.87. The molecule has 1 aromatic carbocycles. The van der Waals surface area contributed by atoms with Gasteiger partial charge in [-0.3, -0.25) is 4.79 Å². The van der Waals surface area contributed by atoms with Gasteiger partial charge in [-0.2, -0.15) is 0 Å². The summed E-state index contributed by atoms with van der Waals surface area (Å²) < 4.78 is 16.5. The van der Waals surface area contributed by atoms with Gasteiger partial charge >= 0.3 is 6.03 Å². The molecule has 2 aromatic rings. The van der Waals surface area contributed by atoms with E-state index >= 15 is 0 Å². The van der Waals surface area contributed by atoms with Crippen molar-refractivity contribution in [3.63, 3.8) is 0 Å². The molecule has 1 N–H and O–H groups in total. The molecule has 8 heteroatoms. The molecule has 0 saturated heterocycles. The molecule has 0 atom stereocenters. The van der Waals surface area contributed by atoms with Crippen LogP contribution >= 0.6 is 0 Å². The maximum Gasteiger partial charge on any atom is 0.318 e. The molecule has 1 saturated carbocycles. The highest BCUT2D eigenvalue weighted by Crippen LogP contribution is 2.28. The Bertz CT molecular complexity index is 967. The third-order valence-electron chi connectivity index (χ3n) is 6.52. The first-order chi connectivity index (χ1) is 16.9. The molecule has 1 aromatic heterocycles. The second-order valence-corrected chi connectivity index (χ2v) is 9.02. The minimum atomic E-state index is -0.165. The number of aryl methyl sites for hydroxylation is 1. The van der Waals surface area contributed by atoms with E-state index in [1.165, 1.54) is 6.42 Å². The Morgan fingerprint density at radius 3 is 2.43 bits per heavy atom. The summed E-state index contributed by atoms with van der Waals surface area (Å²) in [5.41, 5.74) is 1.03. The first-order valence-corrected chi connectivity index (χ1v) is 12.5. The summed E-state index contributed by atoms with van der Waals surface area (Å²) in [5, 5.41) is 2.89. The third-order valence-corrected chi connectivity index (χ3v) is 6.52. The van der Waals surface area contributed by atoms with Gasteiger partial charge in [0.15, 0.2) is 11.5 Å². The molecule has 1 aliphatic rings. The van der Waals surface area contributed by atoms with E-state index in [1.54, 1.807) is 24.0 Å². The van der Waals surface area contributed by atoms with Gasteiger partial charge in [0.2, 0.25) is 5.91 Å². The molecule has 192 valence electrons. The van der Waals surface area contributed by atoms with E-state index in [-0.39, 0.29) is 24.5 Å². The molecule has 0 radical (unpaired) electrons. The maximum absolute atomic E-state index is 13.6. The monoisotopic (exact) mass is 485 g/mol. The lowest BCUT2D eigenvalue weighted by atomic mass is 9.94. The average molecular weight is 486 g/mol. The van der Waals surface area contributed by atoms with Crippen LogP contribution in [0.5, 0.6) is 11.5 Å². The van der Waals surface area contributed by atoms with E-state index in [4.69, 9.17) is 13.9 Å². The number of urea groups is 1. The molecule has 1 heterocycles. The van der Waals surface area contributed by atoms with Gasteiger partial charge in [0.25, 0.3) is 0 Å². The number of nitrogens with one attached hydrogen (secondary N) is 1. The number of rotatable bonds is 11. The molecule has 0 aliphatic heterocycles. The van der Waals surface area contributed by atoms with Crippen LogP contribution in [0.2, 0.25) is 0 Å². The van der Waals surface area contributed by atoms with Crippen molar-refractivity contribution in [2.75, 3.05) is 33.9 Å². The Morgan fingerprint density at radius 1 is 1.06 bits per heavy atom. The normalized spacial score (nSPS) is 13.8. The zero-order valence-corrected chi connectivity index (χ0v) is 21.5. The van der Waals surface area contributed by atoms with E-state index < -0.39 is 0 Å². The molecule has 1 aliphatic carbocycles. The number of carbonyl (C=O) groups excluding carboxylic acids is 2. The van der Waals surface area contributed by atoms with Crippen molar-refractivity contribution in [3.8, 4) is 11.5 Å². The standard InChI is InChI=1S/C27H39N3O5/c1-5-28-27(32)30(22-9-7-6-8-10-22)19-26(31)29(18-23-13-11-20(2)35-23)16-15-21-12-14-24(33-3)25(17-21)34-4/h11-14,17,22H,5-10,15-16,18-19H2,1-4H3,(H,28,32). The van der Waals surface area contributed by atoms with E-state index in [1.807, 2.05) is 44.2 Å². The molecule has 0 bridgehead atoms. The van der Waals surface area contributed by atoms with Crippen molar-refractivity contribution in [2.45, 2.75) is 65.0 Å². The van der Waals surface area contributed by atoms with Crippen LogP contribution in [0.4, 0.5) is 4.79 Å². The number of hydrogen-bond acceptors (Lipinski definition) is 5. The number of methoxy groups -OCH3 is 2. The summed E-state index contributed by atoms with van der Waals surface area (Å²) in [5.74, 6) is 2.77. The van der Waals surface area contributed by atoms with Gasteiger partial charge in [0.1, 0.15) is 18.1 Å². The van der Waals surface area contributed by atoms with Crippen LogP contribution in [-0.4, -0.2) is 61.6 Å². The lowest BCUT2D eigenvalue weighted by Crippen LogP contribution is -2.51. The third kappa shape index (κ3) is 7.41. The molecule has 1 fully saturated rings. The molecule has 0 spiro atoms. The zero-order chi connectivity index (χ0) is 25.2. The summed E-state index contributed by atoms with van der Waals surface area (Å²) in [6.45, 7) is 5.22. The fraction of sp³-hybridized carbons (Fsp3) is 0.556. The van der Waals surface area contributed by atoms with E-state index in [9.17, 15) is 9.59 Å². The minimum absolute atomic E-state index is 0.0577. The van der Waals surface area contributed by atoms with E-state index in [0.29, 0.717) is 37.6 Å². The highest BCUT2D eigenvalue weighted by Gasteiger charge is 2.29. The quantitative estimate of drug-likeness (QED) is 0.505. The van der Waals surface area contributed by atoms with Crippen LogP contribution in [0.3, 0.4) is 0 Å². The Morgan fingerprint density at radius 2 is 1.80 bits per heavy atom. The van der Waals surface area contributed by atoms with Crippen molar-refractivity contribution in [1.82, 2.24) is 15.1 Å². The molecule has 0 unspecified atom stereocenters. The van der Waals surface area contributed by atoms with Crippen LogP contribution in [0, 0.1) is 6.92 Å². The summed E-state index contributed by atoms with van der Waals surface area (Å²) in [4.78, 5) is 30.0. The maximum atomic E-state index is 13.6. The lowest BCUT2D eigenvalue weighted by Gasteiger charge is -2.35. The van der Waals surface area contributed by atoms with Crippen LogP contribution in [0.15, 0.2) is 34.7 Å². The first-order valence-electron chi connectivity index (χ1n) is 12.5. The lowest BCUT2D eigenvalue weighted by molar-refractivity contribution is -0.133. The number of furan rings is 1. The van der Waals surface area contributed by atoms with Gasteiger partial charge < -0.3 is 29.0 Å². The molecular formula is C27H39N3O5. The smallest absolute Gasteiger partial charge is 0.318 e. The van der Waals surface area contributed by atoms with Crippen molar-refractivity contribution in [2.24, 2.45) is 0 Å². The highest BCUT2D eigenvalue weighted by atomic mass is 16.5. The predicted octanol–water partition coefficient (Wildman–Crippen LogP) is 4.54. The van der Waals surface area contributed by atoms with Gasteiger partial charge in [-0.15, -0.1) is 0 Å².